The fraction of sp³-hybridized carbons (Fsp3) is 0.583. The molecule has 0 saturated carbocycles. The minimum absolute atomic E-state index is 0. The van der Waals surface area contributed by atoms with Gasteiger partial charge in [0.25, 0.3) is 6.43 Å². The first-order chi connectivity index (χ1) is 8.63. The molecule has 4 nitrogen and oxygen atoms in total. The fourth-order valence-corrected chi connectivity index (χ4v) is 0.896. The van der Waals surface area contributed by atoms with E-state index in [9.17, 15) is 8.78 Å². The molecule has 7 heteroatoms. The summed E-state index contributed by atoms with van der Waals surface area (Å²) in [6.45, 7) is 9.22. The van der Waals surface area contributed by atoms with Gasteiger partial charge in [-0.1, -0.05) is 27.7 Å². The van der Waals surface area contributed by atoms with E-state index in [4.69, 9.17) is 5.41 Å². The fourth-order valence-electron chi connectivity index (χ4n) is 0.896. The molecule has 19 heavy (non-hydrogen) atoms. The smallest absolute Gasteiger partial charge is 0.255 e. The third kappa shape index (κ3) is 10.1. The number of halogens is 2. The van der Waals surface area contributed by atoms with E-state index in [-0.39, 0.29) is 19.9 Å². The van der Waals surface area contributed by atoms with Crippen LogP contribution in [0, 0.1) is 12.3 Å². The highest BCUT2D eigenvalue weighted by atomic mass is 19.3. The van der Waals surface area contributed by atoms with Crippen LogP contribution >= 0.6 is 0 Å². The molecule has 0 aliphatic rings. The minimum Gasteiger partial charge on any atom is -0.362 e. The van der Waals surface area contributed by atoms with Crippen molar-refractivity contribution < 1.29 is 8.78 Å². The summed E-state index contributed by atoms with van der Waals surface area (Å²) < 4.78 is 23.8. The number of anilines is 1. The van der Waals surface area contributed by atoms with Crippen LogP contribution in [0.15, 0.2) is 6.20 Å². The number of alkyl halides is 2. The molecule has 107 valence electrons. The van der Waals surface area contributed by atoms with Gasteiger partial charge in [-0.2, -0.15) is 0 Å². The zero-order valence-corrected chi connectivity index (χ0v) is 12.2. The second-order valence-corrected chi connectivity index (χ2v) is 2.66. The molecule has 0 bridgehead atoms. The van der Waals surface area contributed by atoms with Gasteiger partial charge in [0, 0.05) is 20.8 Å². The lowest BCUT2D eigenvalue weighted by atomic mass is 10.4. The summed E-state index contributed by atoms with van der Waals surface area (Å²) >= 11 is 0. The number of nitrogens with zero attached hydrogens (tertiary/aromatic N) is 2. The Kier molecular flexibility index (Phi) is 17.3. The lowest BCUT2D eigenvalue weighted by Crippen LogP contribution is -2.14. The van der Waals surface area contributed by atoms with Crippen molar-refractivity contribution in [2.45, 2.75) is 41.0 Å². The highest BCUT2D eigenvalue weighted by Crippen LogP contribution is 2.08. The topological polar surface area (TPSA) is 61.7 Å². The average molecular weight is 271 g/mol. The Morgan fingerprint density at radius 3 is 2.26 bits per heavy atom. The number of rotatable bonds is 4. The van der Waals surface area contributed by atoms with Gasteiger partial charge < -0.3 is 10.7 Å². The summed E-state index contributed by atoms with van der Waals surface area (Å²) in [5.74, 6) is 0.223. The van der Waals surface area contributed by atoms with Gasteiger partial charge >= 0.3 is 0 Å². The molecule has 0 amide bonds. The van der Waals surface area contributed by atoms with Gasteiger partial charge in [0.05, 0.1) is 12.2 Å². The maximum absolute atomic E-state index is 11.9. The highest BCUT2D eigenvalue weighted by Gasteiger charge is 2.06. The summed E-state index contributed by atoms with van der Waals surface area (Å²) in [5.41, 5.74) is 0.878. The lowest BCUT2D eigenvalue weighted by molar-refractivity contribution is 0.163. The van der Waals surface area contributed by atoms with Crippen molar-refractivity contribution in [3.05, 3.63) is 17.6 Å². The van der Waals surface area contributed by atoms with Gasteiger partial charge in [0.1, 0.15) is 5.69 Å². The molecule has 0 aliphatic heterocycles. The molecule has 1 aromatic heterocycles. The monoisotopic (exact) mass is 271 g/mol. The van der Waals surface area contributed by atoms with E-state index in [0.717, 1.165) is 6.21 Å². The predicted molar refractivity (Wildman–Crippen MR) is 77.6 cm³/mol. The summed E-state index contributed by atoms with van der Waals surface area (Å²) in [6, 6.07) is 0. The summed E-state index contributed by atoms with van der Waals surface area (Å²) in [5, 5.41) is 9.42. The van der Waals surface area contributed by atoms with Gasteiger partial charge in [-0.25, -0.2) is 18.7 Å². The third-order valence-electron chi connectivity index (χ3n) is 1.48. The Bertz CT molecular complexity index is 336. The number of hydrogen-bond acceptors (Lipinski definition) is 4. The number of hydrogen-bond donors (Lipinski definition) is 2. The molecule has 1 aromatic rings. The van der Waals surface area contributed by atoms with Crippen LogP contribution in [-0.2, 0) is 0 Å². The van der Waals surface area contributed by atoms with Gasteiger partial charge in [0.15, 0.2) is 5.82 Å². The van der Waals surface area contributed by atoms with Crippen LogP contribution < -0.4 is 5.32 Å². The third-order valence-corrected chi connectivity index (χ3v) is 1.48. The van der Waals surface area contributed by atoms with Crippen molar-refractivity contribution in [3.8, 4) is 0 Å². The first-order valence-electron chi connectivity index (χ1n) is 5.99. The molecule has 1 rings (SSSR count). The zero-order valence-electron chi connectivity index (χ0n) is 12.2. The molecule has 0 aromatic carbocycles. The summed E-state index contributed by atoms with van der Waals surface area (Å²) in [6.07, 6.45) is 0.00431. The first-order valence-corrected chi connectivity index (χ1v) is 5.99. The highest BCUT2D eigenvalue weighted by molar-refractivity contribution is 5.81. The molecule has 0 unspecified atom stereocenters. The lowest BCUT2D eigenvalue weighted by Gasteiger charge is -2.07. The molecular weight excluding hydrogens is 249 g/mol. The van der Waals surface area contributed by atoms with E-state index < -0.39 is 13.0 Å². The van der Waals surface area contributed by atoms with Crippen LogP contribution in [0.3, 0.4) is 0 Å². The van der Waals surface area contributed by atoms with Crippen LogP contribution in [0.25, 0.3) is 0 Å². The molecule has 0 atom stereocenters. The standard InChI is InChI=1S/C8H10F2N4.2C2H6.B/c1-5-3-12-6(2-11)8(14-5)13-4-7(9)10;2*1-2;/h2-3,7,11H,4H2,1H3,(H,13,14);2*1-2H3;. The van der Waals surface area contributed by atoms with E-state index >= 15 is 0 Å². The van der Waals surface area contributed by atoms with Gasteiger partial charge in [-0.05, 0) is 6.92 Å². The normalized spacial score (nSPS) is 8.21. The molecule has 3 radical (unpaired) electrons. The largest absolute Gasteiger partial charge is 0.362 e. The molecule has 0 fully saturated rings. The van der Waals surface area contributed by atoms with Crippen LogP contribution in [0.1, 0.15) is 39.1 Å². The Morgan fingerprint density at radius 1 is 1.32 bits per heavy atom. The molecule has 1 heterocycles. The van der Waals surface area contributed by atoms with Crippen LogP contribution in [-0.4, -0.2) is 37.6 Å². The maximum Gasteiger partial charge on any atom is 0.255 e. The van der Waals surface area contributed by atoms with E-state index in [0.29, 0.717) is 5.69 Å². The predicted octanol–water partition coefficient (Wildman–Crippen LogP) is 3.13. The summed E-state index contributed by atoms with van der Waals surface area (Å²) in [7, 11) is 0. The molecular formula is C12H22BF2N4. The van der Waals surface area contributed by atoms with Gasteiger partial charge in [-0.3, -0.25) is 0 Å². The van der Waals surface area contributed by atoms with E-state index in [1.54, 1.807) is 6.92 Å². The van der Waals surface area contributed by atoms with Crippen molar-refractivity contribution in [1.29, 1.82) is 5.41 Å². The quantitative estimate of drug-likeness (QED) is 0.653. The van der Waals surface area contributed by atoms with Crippen molar-refractivity contribution >= 4 is 20.4 Å². The van der Waals surface area contributed by atoms with Crippen LogP contribution in [0.4, 0.5) is 14.6 Å². The maximum atomic E-state index is 11.9. The van der Waals surface area contributed by atoms with Crippen molar-refractivity contribution in [2.75, 3.05) is 11.9 Å². The van der Waals surface area contributed by atoms with Gasteiger partial charge in [0.2, 0.25) is 0 Å². The summed E-state index contributed by atoms with van der Waals surface area (Å²) in [4.78, 5) is 7.82. The first kappa shape index (κ1) is 22.6. The SMILES string of the molecule is CC.CC.Cc1cnc(C=N)c(NCC(F)F)n1.[B]. The molecule has 2 N–H and O–H groups in total. The number of aryl methyl sites for hydroxylation is 1. The van der Waals surface area contributed by atoms with Crippen LogP contribution in [0.2, 0.25) is 0 Å². The van der Waals surface area contributed by atoms with Crippen LogP contribution in [0.5, 0.6) is 0 Å². The molecule has 0 aliphatic carbocycles. The van der Waals surface area contributed by atoms with Crippen molar-refractivity contribution in [2.24, 2.45) is 0 Å². The Morgan fingerprint density at radius 2 is 1.84 bits per heavy atom. The minimum atomic E-state index is -2.45. The van der Waals surface area contributed by atoms with Gasteiger partial charge in [-0.15, -0.1) is 0 Å². The Hall–Kier alpha value is -1.53. The Labute approximate surface area is 116 Å². The second-order valence-electron chi connectivity index (χ2n) is 2.66. The van der Waals surface area contributed by atoms with E-state index in [2.05, 4.69) is 15.3 Å². The zero-order chi connectivity index (χ0) is 14.6. The number of nitrogens with one attached hydrogen (secondary N) is 2. The number of aromatic nitrogens is 2. The van der Waals surface area contributed by atoms with Crippen molar-refractivity contribution in [3.63, 3.8) is 0 Å². The average Bonchev–Trinajstić information content (AvgIpc) is 2.41. The van der Waals surface area contributed by atoms with Crippen molar-refractivity contribution in [1.82, 2.24) is 9.97 Å². The molecule has 0 spiro atoms. The van der Waals surface area contributed by atoms with E-state index in [1.165, 1.54) is 6.20 Å². The molecule has 0 saturated heterocycles. The second kappa shape index (κ2) is 14.5. The van der Waals surface area contributed by atoms with E-state index in [1.807, 2.05) is 27.7 Å². The Balaban J connectivity index is -0.000000467.